The van der Waals surface area contributed by atoms with E-state index in [-0.39, 0.29) is 57.9 Å². The van der Waals surface area contributed by atoms with E-state index in [1.54, 1.807) is 0 Å². The van der Waals surface area contributed by atoms with Crippen molar-refractivity contribution in [3.05, 3.63) is 29.0 Å². The minimum Gasteiger partial charge on any atom is -1.00 e. The third-order valence-corrected chi connectivity index (χ3v) is 5.88. The summed E-state index contributed by atoms with van der Waals surface area (Å²) in [5, 5.41) is 0. The maximum Gasteiger partial charge on any atom is 4.00 e. The molecule has 5 aliphatic carbocycles. The van der Waals surface area contributed by atoms with Crippen molar-refractivity contribution in [1.29, 1.82) is 0 Å². The van der Waals surface area contributed by atoms with Gasteiger partial charge in [-0.2, -0.15) is 5.57 Å². The second-order valence-corrected chi connectivity index (χ2v) is 7.52. The van der Waals surface area contributed by atoms with Crippen LogP contribution in [-0.4, -0.2) is 5.91 Å². The van der Waals surface area contributed by atoms with Gasteiger partial charge in [0.25, 0.3) is 0 Å². The summed E-state index contributed by atoms with van der Waals surface area (Å²) in [5.74, 6) is 2.12. The maximum absolute atomic E-state index is 11.4. The fourth-order valence-corrected chi connectivity index (χ4v) is 5.01. The van der Waals surface area contributed by atoms with Crippen LogP contribution in [0.4, 0.5) is 0 Å². The number of nitrogens with one attached hydrogen (secondary N) is 1. The third kappa shape index (κ3) is 4.87. The Labute approximate surface area is 167 Å². The SMILES string of the molecule is CC1=C(C)C[C-]=C1.[Cl-].[Cl-].[NH-]C(=O)C12CC3CC(CC(C3)C1)C2.[Ti+4]. The molecular formula is C18H25Cl2NOTi. The molecule has 0 radical (unpaired) electrons. The molecule has 0 aromatic rings. The Morgan fingerprint density at radius 3 is 1.74 bits per heavy atom. The van der Waals surface area contributed by atoms with Gasteiger partial charge < -0.3 is 35.3 Å². The van der Waals surface area contributed by atoms with Gasteiger partial charge in [-0.15, -0.1) is 13.3 Å². The number of hydrogen-bond donors (Lipinski definition) is 0. The Bertz CT molecular complexity index is 452. The average molecular weight is 390 g/mol. The summed E-state index contributed by atoms with van der Waals surface area (Å²) in [4.78, 5) is 11.4. The number of carbonyl (C=O) groups is 1. The Balaban J connectivity index is 0.000000426. The predicted octanol–water partition coefficient (Wildman–Crippen LogP) is -1.13. The Morgan fingerprint density at radius 2 is 1.52 bits per heavy atom. The van der Waals surface area contributed by atoms with Crippen LogP contribution in [0.2, 0.25) is 0 Å². The van der Waals surface area contributed by atoms with Gasteiger partial charge in [0.05, 0.1) is 5.91 Å². The molecule has 0 unspecified atom stereocenters. The molecule has 4 bridgehead atoms. The van der Waals surface area contributed by atoms with Gasteiger partial charge in [-0.25, -0.2) is 11.6 Å². The van der Waals surface area contributed by atoms with E-state index < -0.39 is 0 Å². The van der Waals surface area contributed by atoms with Crippen LogP contribution < -0.4 is 24.8 Å². The first-order valence-electron chi connectivity index (χ1n) is 7.97. The molecule has 0 aromatic carbocycles. The zero-order valence-corrected chi connectivity index (χ0v) is 17.0. The Morgan fingerprint density at radius 1 is 1.09 bits per heavy atom. The van der Waals surface area contributed by atoms with Crippen molar-refractivity contribution >= 4 is 5.91 Å². The van der Waals surface area contributed by atoms with Gasteiger partial charge in [-0.1, -0.05) is 6.92 Å². The molecule has 1 amide bonds. The van der Waals surface area contributed by atoms with Gasteiger partial charge in [0.1, 0.15) is 0 Å². The molecule has 2 nitrogen and oxygen atoms in total. The largest absolute Gasteiger partial charge is 4.00 e. The number of allylic oxidation sites excluding steroid dienone is 4. The van der Waals surface area contributed by atoms with Gasteiger partial charge in [-0.3, -0.25) is 6.08 Å². The maximum atomic E-state index is 11.4. The van der Waals surface area contributed by atoms with E-state index in [0.29, 0.717) is 0 Å². The van der Waals surface area contributed by atoms with Crippen molar-refractivity contribution in [2.75, 3.05) is 0 Å². The summed E-state index contributed by atoms with van der Waals surface area (Å²) in [5.41, 5.74) is 10.1. The van der Waals surface area contributed by atoms with Crippen LogP contribution in [0.5, 0.6) is 0 Å². The number of rotatable bonds is 1. The first-order chi connectivity index (χ1) is 9.48. The smallest absolute Gasteiger partial charge is 1.00 e. The van der Waals surface area contributed by atoms with E-state index >= 15 is 0 Å². The molecule has 0 aliphatic heterocycles. The van der Waals surface area contributed by atoms with E-state index in [1.165, 1.54) is 30.4 Å². The summed E-state index contributed by atoms with van der Waals surface area (Å²) < 4.78 is 0. The topological polar surface area (TPSA) is 40.9 Å². The first-order valence-corrected chi connectivity index (χ1v) is 7.97. The van der Waals surface area contributed by atoms with Gasteiger partial charge in [0.15, 0.2) is 0 Å². The average Bonchev–Trinajstić information content (AvgIpc) is 2.72. The molecule has 0 heterocycles. The zero-order chi connectivity index (χ0) is 14.3. The molecule has 0 aromatic heterocycles. The summed E-state index contributed by atoms with van der Waals surface area (Å²) in [6, 6.07) is 0. The van der Waals surface area contributed by atoms with Crippen molar-refractivity contribution in [3.63, 3.8) is 0 Å². The van der Waals surface area contributed by atoms with Crippen LogP contribution in [0.3, 0.4) is 0 Å². The molecular weight excluding hydrogens is 365 g/mol. The van der Waals surface area contributed by atoms with Gasteiger partial charge >= 0.3 is 21.7 Å². The van der Waals surface area contributed by atoms with Gasteiger partial charge in [-0.05, 0) is 56.3 Å². The fraction of sp³-hybridized carbons (Fsp3) is 0.722. The molecule has 0 saturated heterocycles. The van der Waals surface area contributed by atoms with Gasteiger partial charge in [0, 0.05) is 5.41 Å². The Kier molecular flexibility index (Phi) is 9.18. The summed E-state index contributed by atoms with van der Waals surface area (Å²) in [6.07, 6.45) is 13.4. The molecule has 5 aliphatic rings. The normalized spacial score (nSPS) is 35.5. The minimum absolute atomic E-state index is 0. The van der Waals surface area contributed by atoms with E-state index in [2.05, 4.69) is 26.0 Å². The Hall–Kier alpha value is 0.244. The van der Waals surface area contributed by atoms with Crippen molar-refractivity contribution in [1.82, 2.24) is 0 Å². The molecule has 5 rings (SSSR count). The number of halogens is 2. The molecule has 1 N–H and O–H groups in total. The van der Waals surface area contributed by atoms with Crippen molar-refractivity contribution in [3.8, 4) is 0 Å². The first kappa shape index (κ1) is 23.2. The number of carbonyl (C=O) groups excluding carboxylic acids is 1. The van der Waals surface area contributed by atoms with Crippen LogP contribution in [0.25, 0.3) is 5.73 Å². The second-order valence-electron chi connectivity index (χ2n) is 7.52. The van der Waals surface area contributed by atoms with Crippen LogP contribution in [0, 0.1) is 29.2 Å². The minimum atomic E-state index is -0.258. The van der Waals surface area contributed by atoms with Crippen molar-refractivity contribution in [2.24, 2.45) is 23.2 Å². The van der Waals surface area contributed by atoms with Crippen LogP contribution in [0.15, 0.2) is 17.2 Å². The fourth-order valence-electron chi connectivity index (χ4n) is 5.01. The van der Waals surface area contributed by atoms with E-state index in [0.717, 1.165) is 43.4 Å². The van der Waals surface area contributed by atoms with E-state index in [4.69, 9.17) is 5.73 Å². The molecule has 0 spiro atoms. The van der Waals surface area contributed by atoms with Crippen LogP contribution in [-0.2, 0) is 26.5 Å². The number of hydrogen-bond acceptors (Lipinski definition) is 1. The summed E-state index contributed by atoms with van der Waals surface area (Å²) in [7, 11) is 0. The standard InChI is InChI=1S/C11H17NO.C7H9.2ClH.Ti/c12-10(13)11-4-7-1-8(5-11)3-9(2-7)6-11;1-6-4-3-5-7(6)2;;;/h7-9H,1-6H2,(H2,12,13);4H,5H2,1-2H3;2*1H;/q;-1;;;+4/p-3. The van der Waals surface area contributed by atoms with Crippen LogP contribution in [0.1, 0.15) is 58.8 Å². The van der Waals surface area contributed by atoms with E-state index in [9.17, 15) is 4.79 Å². The molecule has 4 saturated carbocycles. The molecule has 126 valence electrons. The summed E-state index contributed by atoms with van der Waals surface area (Å²) in [6.45, 7) is 4.27. The molecule has 4 fully saturated rings. The van der Waals surface area contributed by atoms with Crippen molar-refractivity contribution in [2.45, 2.75) is 58.8 Å². The van der Waals surface area contributed by atoms with Gasteiger partial charge in [0.2, 0.25) is 0 Å². The van der Waals surface area contributed by atoms with E-state index in [1.807, 2.05) is 0 Å². The zero-order valence-electron chi connectivity index (χ0n) is 13.9. The predicted molar refractivity (Wildman–Crippen MR) is 80.7 cm³/mol. The second kappa shape index (κ2) is 9.08. The molecule has 0 atom stereocenters. The summed E-state index contributed by atoms with van der Waals surface area (Å²) >= 11 is 0. The monoisotopic (exact) mass is 389 g/mol. The number of amides is 1. The molecule has 5 heteroatoms. The quantitative estimate of drug-likeness (QED) is 0.413. The van der Waals surface area contributed by atoms with Crippen molar-refractivity contribution < 1.29 is 51.3 Å². The van der Waals surface area contributed by atoms with Crippen LogP contribution >= 0.6 is 0 Å². The molecule has 23 heavy (non-hydrogen) atoms. The third-order valence-electron chi connectivity index (χ3n) is 5.88.